The lowest BCUT2D eigenvalue weighted by molar-refractivity contribution is -0.137. The number of nitrogens with one attached hydrogen (secondary N) is 1. The Bertz CT molecular complexity index is 1210. The average molecular weight is 513 g/mol. The highest BCUT2D eigenvalue weighted by Gasteiger charge is 2.34. The van der Waals surface area contributed by atoms with Crippen molar-refractivity contribution in [2.45, 2.75) is 24.0 Å². The minimum atomic E-state index is -4.81. The number of amides is 1. The maximum atomic E-state index is 13.1. The number of carbonyl (C=O) groups is 1. The third-order valence-electron chi connectivity index (χ3n) is 4.42. The minimum Gasteiger partial charge on any atom is -0.348 e. The predicted octanol–water partition coefficient (Wildman–Crippen LogP) is 3.41. The van der Waals surface area contributed by atoms with E-state index in [2.05, 4.69) is 5.32 Å². The molecule has 0 unspecified atom stereocenters. The van der Waals surface area contributed by atoms with E-state index in [9.17, 15) is 34.8 Å². The number of alkyl halides is 3. The molecule has 1 atom stereocenters. The molecule has 0 fully saturated rings. The number of sulfonamides is 1. The van der Waals surface area contributed by atoms with Crippen molar-refractivity contribution in [1.82, 2.24) is 5.32 Å². The normalized spacial score (nSPS) is 13.5. The summed E-state index contributed by atoms with van der Waals surface area (Å²) < 4.78 is 87.4. The van der Waals surface area contributed by atoms with Gasteiger partial charge in [-0.2, -0.15) is 13.2 Å². The molecule has 2 rings (SSSR count). The van der Waals surface area contributed by atoms with Crippen molar-refractivity contribution >= 4 is 43.1 Å². The standard InChI is InChI=1S/C19H20ClF3N2O5S2/c1-12(13-4-7-15(8-5-13)31(2,27)28)24-18(26)11-25(32(3,29)30)14-6-9-17(20)16(10-14)19(21,22)23/h4-10,12H,11H2,1-3H3,(H,24,26)/t12-/m0/s1. The van der Waals surface area contributed by atoms with Crippen molar-refractivity contribution in [2.75, 3.05) is 23.4 Å². The Morgan fingerprint density at radius 1 is 1.06 bits per heavy atom. The molecule has 0 aliphatic heterocycles. The van der Waals surface area contributed by atoms with Gasteiger partial charge in [0.2, 0.25) is 15.9 Å². The largest absolute Gasteiger partial charge is 0.417 e. The molecule has 0 heterocycles. The van der Waals surface area contributed by atoms with E-state index in [1.165, 1.54) is 24.3 Å². The summed E-state index contributed by atoms with van der Waals surface area (Å²) in [6.45, 7) is 0.811. The zero-order chi connectivity index (χ0) is 24.5. The highest BCUT2D eigenvalue weighted by Crippen LogP contribution is 2.37. The smallest absolute Gasteiger partial charge is 0.348 e. The molecule has 7 nitrogen and oxygen atoms in total. The van der Waals surface area contributed by atoms with Crippen molar-refractivity contribution in [3.8, 4) is 0 Å². The van der Waals surface area contributed by atoms with Gasteiger partial charge in [-0.1, -0.05) is 23.7 Å². The number of benzene rings is 2. The highest BCUT2D eigenvalue weighted by molar-refractivity contribution is 7.92. The Kier molecular flexibility index (Phi) is 7.52. The molecule has 1 N–H and O–H groups in total. The Morgan fingerprint density at radius 3 is 2.09 bits per heavy atom. The second kappa shape index (κ2) is 9.28. The monoisotopic (exact) mass is 512 g/mol. The lowest BCUT2D eigenvalue weighted by Gasteiger charge is -2.24. The topological polar surface area (TPSA) is 101 Å². The Labute approximate surface area is 189 Å². The van der Waals surface area contributed by atoms with Gasteiger partial charge in [0, 0.05) is 6.26 Å². The molecule has 0 aromatic heterocycles. The van der Waals surface area contributed by atoms with Crippen LogP contribution in [0.25, 0.3) is 0 Å². The number of hydrogen-bond donors (Lipinski definition) is 1. The first kappa shape index (κ1) is 25.9. The molecule has 2 aromatic carbocycles. The summed E-state index contributed by atoms with van der Waals surface area (Å²) >= 11 is 5.58. The summed E-state index contributed by atoms with van der Waals surface area (Å²) in [5.41, 5.74) is -1.06. The third-order valence-corrected chi connectivity index (χ3v) is 7.02. The van der Waals surface area contributed by atoms with E-state index in [0.29, 0.717) is 15.9 Å². The van der Waals surface area contributed by atoms with Crippen molar-refractivity contribution in [3.63, 3.8) is 0 Å². The molecule has 176 valence electrons. The van der Waals surface area contributed by atoms with Gasteiger partial charge in [0.1, 0.15) is 6.54 Å². The van der Waals surface area contributed by atoms with E-state index in [-0.39, 0.29) is 10.6 Å². The van der Waals surface area contributed by atoms with Crippen molar-refractivity contribution in [3.05, 3.63) is 58.6 Å². The van der Waals surface area contributed by atoms with Crippen LogP contribution in [-0.4, -0.2) is 41.8 Å². The fraction of sp³-hybridized carbons (Fsp3) is 0.316. The first-order valence-electron chi connectivity index (χ1n) is 8.94. The van der Waals surface area contributed by atoms with Crippen molar-refractivity contribution < 1.29 is 34.8 Å². The van der Waals surface area contributed by atoms with Crippen molar-refractivity contribution in [2.24, 2.45) is 0 Å². The predicted molar refractivity (Wildman–Crippen MR) is 115 cm³/mol. The molecule has 1 amide bonds. The van der Waals surface area contributed by atoms with Crippen LogP contribution < -0.4 is 9.62 Å². The quantitative estimate of drug-likeness (QED) is 0.613. The summed E-state index contributed by atoms with van der Waals surface area (Å²) in [6, 6.07) is 7.61. The highest BCUT2D eigenvalue weighted by atomic mass is 35.5. The fourth-order valence-corrected chi connectivity index (χ4v) is 4.49. The second-order valence-corrected chi connectivity index (χ2v) is 11.4. The van der Waals surface area contributed by atoms with Gasteiger partial charge in [-0.3, -0.25) is 9.10 Å². The van der Waals surface area contributed by atoms with Gasteiger partial charge >= 0.3 is 6.18 Å². The van der Waals surface area contributed by atoms with E-state index in [1.54, 1.807) is 6.92 Å². The van der Waals surface area contributed by atoms with E-state index in [4.69, 9.17) is 11.6 Å². The molecule has 0 bridgehead atoms. The molecule has 0 saturated heterocycles. The van der Waals surface area contributed by atoms with Gasteiger partial charge in [0.05, 0.1) is 33.5 Å². The van der Waals surface area contributed by atoms with Crippen LogP contribution in [-0.2, 0) is 30.8 Å². The number of halogens is 4. The van der Waals surface area contributed by atoms with E-state index < -0.39 is 55.1 Å². The molecule has 32 heavy (non-hydrogen) atoms. The first-order chi connectivity index (χ1) is 14.5. The Hall–Kier alpha value is -2.31. The Balaban J connectivity index is 2.25. The van der Waals surface area contributed by atoms with Gasteiger partial charge < -0.3 is 5.32 Å². The van der Waals surface area contributed by atoms with E-state index in [0.717, 1.165) is 24.6 Å². The van der Waals surface area contributed by atoms with Crippen LogP contribution in [0.2, 0.25) is 5.02 Å². The molecule has 0 aliphatic rings. The van der Waals surface area contributed by atoms with Crippen molar-refractivity contribution in [1.29, 1.82) is 0 Å². The number of sulfone groups is 1. The summed E-state index contributed by atoms with van der Waals surface area (Å²) in [5.74, 6) is -0.779. The maximum absolute atomic E-state index is 13.1. The molecule has 13 heteroatoms. The lowest BCUT2D eigenvalue weighted by Crippen LogP contribution is -2.41. The van der Waals surface area contributed by atoms with Crippen LogP contribution in [0.4, 0.5) is 18.9 Å². The summed E-state index contributed by atoms with van der Waals surface area (Å²) in [7, 11) is -7.51. The molecular formula is C19H20ClF3N2O5S2. The SMILES string of the molecule is C[C@H](NC(=O)CN(c1ccc(Cl)c(C(F)(F)F)c1)S(C)(=O)=O)c1ccc(S(C)(=O)=O)cc1. The van der Waals surface area contributed by atoms with E-state index >= 15 is 0 Å². The van der Waals surface area contributed by atoms with Gasteiger partial charge in [-0.15, -0.1) is 0 Å². The number of anilines is 1. The zero-order valence-corrected chi connectivity index (χ0v) is 19.5. The third kappa shape index (κ3) is 6.59. The molecule has 2 aromatic rings. The van der Waals surface area contributed by atoms with Crippen LogP contribution in [0.15, 0.2) is 47.4 Å². The van der Waals surface area contributed by atoms with Crippen LogP contribution in [0, 0.1) is 0 Å². The number of hydrogen-bond acceptors (Lipinski definition) is 5. The first-order valence-corrected chi connectivity index (χ1v) is 13.1. The molecule has 0 saturated carbocycles. The van der Waals surface area contributed by atoms with Gasteiger partial charge in [0.25, 0.3) is 0 Å². The molecule has 0 aliphatic carbocycles. The van der Waals surface area contributed by atoms with Crippen LogP contribution in [0.1, 0.15) is 24.1 Å². The average Bonchev–Trinajstić information content (AvgIpc) is 2.64. The number of nitrogens with zero attached hydrogens (tertiary/aromatic N) is 1. The maximum Gasteiger partial charge on any atom is 0.417 e. The van der Waals surface area contributed by atoms with Gasteiger partial charge in [-0.05, 0) is 42.8 Å². The van der Waals surface area contributed by atoms with Crippen LogP contribution >= 0.6 is 11.6 Å². The summed E-state index contributed by atoms with van der Waals surface area (Å²) in [6.07, 6.45) is -3.01. The Morgan fingerprint density at radius 2 is 1.62 bits per heavy atom. The summed E-state index contributed by atoms with van der Waals surface area (Å²) in [5, 5.41) is 1.93. The number of rotatable bonds is 7. The minimum absolute atomic E-state index is 0.0891. The van der Waals surface area contributed by atoms with Gasteiger partial charge in [-0.25, -0.2) is 16.8 Å². The van der Waals surface area contributed by atoms with Gasteiger partial charge in [0.15, 0.2) is 9.84 Å². The molecular weight excluding hydrogens is 493 g/mol. The zero-order valence-electron chi connectivity index (χ0n) is 17.1. The van der Waals surface area contributed by atoms with E-state index in [1.807, 2.05) is 0 Å². The molecule has 0 radical (unpaired) electrons. The lowest BCUT2D eigenvalue weighted by atomic mass is 10.1. The van der Waals surface area contributed by atoms with Crippen LogP contribution in [0.3, 0.4) is 0 Å². The fourth-order valence-electron chi connectivity index (χ4n) is 2.79. The van der Waals surface area contributed by atoms with Crippen LogP contribution in [0.5, 0.6) is 0 Å². The second-order valence-electron chi connectivity index (χ2n) is 7.06. The summed E-state index contributed by atoms with van der Waals surface area (Å²) in [4.78, 5) is 12.6. The number of carbonyl (C=O) groups excluding carboxylic acids is 1. The molecule has 0 spiro atoms.